The second-order valence-corrected chi connectivity index (χ2v) is 9.49. The van der Waals surface area contributed by atoms with E-state index in [0.29, 0.717) is 74.7 Å². The normalized spacial score (nSPS) is 19.1. The molecule has 0 unspecified atom stereocenters. The quantitative estimate of drug-likeness (QED) is 0.549. The smallest absolute Gasteiger partial charge is 0.410 e. The number of rotatable bonds is 6. The zero-order valence-electron chi connectivity index (χ0n) is 20.9. The van der Waals surface area contributed by atoms with Gasteiger partial charge in [-0.05, 0) is 43.7 Å². The molecule has 0 bridgehead atoms. The molecule has 5 rings (SSSR count). The molecule has 2 aromatic rings. The summed E-state index contributed by atoms with van der Waals surface area (Å²) in [4.78, 5) is 49.4. The molecule has 0 aromatic carbocycles. The number of aromatic nitrogens is 2. The first-order chi connectivity index (χ1) is 18.6. The van der Waals surface area contributed by atoms with Crippen molar-refractivity contribution in [3.05, 3.63) is 40.7 Å². The molecule has 2 aromatic heterocycles. The van der Waals surface area contributed by atoms with Gasteiger partial charge in [-0.2, -0.15) is 5.26 Å². The summed E-state index contributed by atoms with van der Waals surface area (Å²) in [5, 5.41) is 15.5. The number of nitrogens with zero attached hydrogens (tertiary/aromatic N) is 5. The fourth-order valence-electron chi connectivity index (χ4n) is 4.86. The number of amides is 3. The summed E-state index contributed by atoms with van der Waals surface area (Å²) in [5.41, 5.74) is 2.58. The van der Waals surface area contributed by atoms with Gasteiger partial charge in [-0.1, -0.05) is 0 Å². The highest BCUT2D eigenvalue weighted by atomic mass is 16.6. The van der Waals surface area contributed by atoms with Crippen molar-refractivity contribution < 1.29 is 23.9 Å². The molecule has 0 aliphatic carbocycles. The first kappa shape index (κ1) is 25.4. The van der Waals surface area contributed by atoms with Crippen LogP contribution in [0.5, 0.6) is 0 Å². The van der Waals surface area contributed by atoms with E-state index in [1.54, 1.807) is 11.0 Å². The Morgan fingerprint density at radius 3 is 2.92 bits per heavy atom. The van der Waals surface area contributed by atoms with Gasteiger partial charge in [-0.3, -0.25) is 15.0 Å². The molecule has 2 N–H and O–H groups in total. The number of carbonyl (C=O) groups is 3. The minimum Gasteiger partial charge on any atom is -0.449 e. The molecule has 2 fully saturated rings. The Hall–Kier alpha value is -4.24. The van der Waals surface area contributed by atoms with Crippen molar-refractivity contribution in [1.29, 1.82) is 5.26 Å². The minimum atomic E-state index is -0.438. The number of nitriles is 1. The summed E-state index contributed by atoms with van der Waals surface area (Å²) in [6.07, 6.45) is 5.52. The first-order valence-electron chi connectivity index (χ1n) is 12.8. The van der Waals surface area contributed by atoms with Gasteiger partial charge in [-0.25, -0.2) is 19.6 Å². The second-order valence-electron chi connectivity index (χ2n) is 9.49. The van der Waals surface area contributed by atoms with Crippen molar-refractivity contribution in [1.82, 2.24) is 14.9 Å². The van der Waals surface area contributed by atoms with E-state index in [1.165, 1.54) is 11.1 Å². The van der Waals surface area contributed by atoms with E-state index < -0.39 is 12.1 Å². The third-order valence-corrected chi connectivity index (χ3v) is 6.85. The van der Waals surface area contributed by atoms with Gasteiger partial charge in [0.2, 0.25) is 0 Å². The lowest BCUT2D eigenvalue weighted by Gasteiger charge is -2.29. The van der Waals surface area contributed by atoms with E-state index in [1.807, 2.05) is 6.07 Å². The van der Waals surface area contributed by atoms with Gasteiger partial charge in [0.15, 0.2) is 6.29 Å². The van der Waals surface area contributed by atoms with Crippen molar-refractivity contribution in [2.75, 3.05) is 48.4 Å². The number of fused-ring (bicyclic) bond motifs is 1. The van der Waals surface area contributed by atoms with Gasteiger partial charge in [0.25, 0.3) is 0 Å². The van der Waals surface area contributed by atoms with Crippen LogP contribution < -0.4 is 15.5 Å². The van der Waals surface area contributed by atoms with Crippen molar-refractivity contribution in [3.8, 4) is 6.07 Å². The lowest BCUT2D eigenvalue weighted by Crippen LogP contribution is -2.40. The van der Waals surface area contributed by atoms with Crippen molar-refractivity contribution >= 4 is 35.7 Å². The van der Waals surface area contributed by atoms with Crippen LogP contribution in [0.1, 0.15) is 52.9 Å². The number of aryl methyl sites for hydroxylation is 1. The van der Waals surface area contributed by atoms with Gasteiger partial charge >= 0.3 is 12.1 Å². The third-order valence-electron chi connectivity index (χ3n) is 6.85. The molecule has 2 saturated heterocycles. The molecule has 198 valence electrons. The molecule has 1 atom stereocenters. The summed E-state index contributed by atoms with van der Waals surface area (Å²) >= 11 is 0. The van der Waals surface area contributed by atoms with Crippen LogP contribution in [0.3, 0.4) is 0 Å². The van der Waals surface area contributed by atoms with Crippen molar-refractivity contribution in [3.63, 3.8) is 0 Å². The first-order valence-corrected chi connectivity index (χ1v) is 12.8. The molecular weight excluding hydrogens is 490 g/mol. The number of aldehydes is 1. The summed E-state index contributed by atoms with van der Waals surface area (Å²) < 4.78 is 10.6. The molecule has 3 aliphatic rings. The molecule has 3 amide bonds. The van der Waals surface area contributed by atoms with Crippen LogP contribution in [-0.2, 0) is 22.4 Å². The average Bonchev–Trinajstić information content (AvgIpc) is 3.36. The number of cyclic esters (lactones) is 1. The molecular formula is C26H29N7O5. The molecule has 0 spiro atoms. The van der Waals surface area contributed by atoms with Gasteiger partial charge in [0.05, 0.1) is 37.1 Å². The standard InChI is InChI=1S/C26H29N7O5/c27-12-19-13-28-23(11-21(19)29-20-5-9-37-16-20)31-25(35)33-7-3-4-17-10-18(22(15-34)30-24(17)33)14-32-6-1-2-8-38-26(32)36/h10-11,13,15,20H,1-9,14,16H2,(H2,28,29,31,35)/t20-/m1/s1. The van der Waals surface area contributed by atoms with E-state index in [0.717, 1.165) is 24.8 Å². The monoisotopic (exact) mass is 519 g/mol. The number of nitrogens with one attached hydrogen (secondary N) is 2. The fourth-order valence-corrected chi connectivity index (χ4v) is 4.86. The number of anilines is 3. The summed E-state index contributed by atoms with van der Waals surface area (Å²) in [6, 6.07) is 5.25. The highest BCUT2D eigenvalue weighted by Crippen LogP contribution is 2.29. The van der Waals surface area contributed by atoms with Gasteiger partial charge in [0, 0.05) is 37.5 Å². The van der Waals surface area contributed by atoms with Crippen molar-refractivity contribution in [2.24, 2.45) is 0 Å². The molecule has 12 nitrogen and oxygen atoms in total. The van der Waals surface area contributed by atoms with Crippen LogP contribution in [0, 0.1) is 11.3 Å². The Balaban J connectivity index is 1.35. The Kier molecular flexibility index (Phi) is 7.65. The second kappa shape index (κ2) is 11.4. The Labute approximate surface area is 219 Å². The number of ether oxygens (including phenoxy) is 2. The average molecular weight is 520 g/mol. The maximum Gasteiger partial charge on any atom is 0.410 e. The van der Waals surface area contributed by atoms with Crippen LogP contribution in [0.4, 0.5) is 26.9 Å². The van der Waals surface area contributed by atoms with E-state index in [9.17, 15) is 19.6 Å². The predicted octanol–water partition coefficient (Wildman–Crippen LogP) is 3.08. The van der Waals surface area contributed by atoms with Gasteiger partial charge < -0.3 is 19.7 Å². The maximum absolute atomic E-state index is 13.3. The summed E-state index contributed by atoms with van der Waals surface area (Å²) in [6.45, 7) is 2.78. The fraction of sp³-hybridized carbons (Fsp3) is 0.462. The largest absolute Gasteiger partial charge is 0.449 e. The number of hydrogen-bond donors (Lipinski definition) is 2. The van der Waals surface area contributed by atoms with Gasteiger partial charge in [-0.15, -0.1) is 0 Å². The van der Waals surface area contributed by atoms with E-state index in [-0.39, 0.29) is 24.1 Å². The SMILES string of the molecule is N#Cc1cnc(NC(=O)N2CCCc3cc(CN4CCCCOC4=O)c(C=O)nc32)cc1N[C@@H]1CCOC1. The van der Waals surface area contributed by atoms with E-state index in [2.05, 4.69) is 26.7 Å². The van der Waals surface area contributed by atoms with Crippen LogP contribution in [0.15, 0.2) is 18.3 Å². The predicted molar refractivity (Wildman–Crippen MR) is 137 cm³/mol. The van der Waals surface area contributed by atoms with Gasteiger partial charge in [0.1, 0.15) is 23.4 Å². The van der Waals surface area contributed by atoms with Crippen LogP contribution in [0.2, 0.25) is 0 Å². The van der Waals surface area contributed by atoms with E-state index >= 15 is 0 Å². The summed E-state index contributed by atoms with van der Waals surface area (Å²) in [7, 11) is 0. The Morgan fingerprint density at radius 1 is 1.24 bits per heavy atom. The zero-order chi connectivity index (χ0) is 26.5. The molecule has 38 heavy (non-hydrogen) atoms. The lowest BCUT2D eigenvalue weighted by atomic mass is 10.0. The Morgan fingerprint density at radius 2 is 2.13 bits per heavy atom. The van der Waals surface area contributed by atoms with Crippen LogP contribution >= 0.6 is 0 Å². The molecule has 3 aliphatic heterocycles. The number of hydrogen-bond acceptors (Lipinski definition) is 9. The van der Waals surface area contributed by atoms with E-state index in [4.69, 9.17) is 9.47 Å². The summed E-state index contributed by atoms with van der Waals surface area (Å²) in [5.74, 6) is 0.697. The highest BCUT2D eigenvalue weighted by molar-refractivity contribution is 6.01. The van der Waals surface area contributed by atoms with Crippen LogP contribution in [-0.4, -0.2) is 72.2 Å². The molecule has 5 heterocycles. The molecule has 0 saturated carbocycles. The van der Waals surface area contributed by atoms with Crippen molar-refractivity contribution in [2.45, 2.75) is 44.7 Å². The topological polar surface area (TPSA) is 150 Å². The minimum absolute atomic E-state index is 0.0818. The highest BCUT2D eigenvalue weighted by Gasteiger charge is 2.28. The zero-order valence-corrected chi connectivity index (χ0v) is 20.9. The Bertz CT molecular complexity index is 1270. The number of urea groups is 1. The number of carbonyl (C=O) groups excluding carboxylic acids is 3. The number of pyridine rings is 2. The molecule has 0 radical (unpaired) electrons. The van der Waals surface area contributed by atoms with Crippen LogP contribution in [0.25, 0.3) is 0 Å². The molecule has 12 heteroatoms. The maximum atomic E-state index is 13.3. The third kappa shape index (κ3) is 5.52. The lowest BCUT2D eigenvalue weighted by molar-refractivity contribution is 0.109.